The zero-order valence-electron chi connectivity index (χ0n) is 51.9. The molecule has 0 radical (unpaired) electrons. The maximum atomic E-state index is 12.8. The number of aromatic nitrogens is 2. The Hall–Kier alpha value is -6.56. The number of aryl methyl sites for hydroxylation is 6. The molecule has 0 saturated heterocycles. The molecule has 0 spiro atoms. The van der Waals surface area contributed by atoms with E-state index in [0.717, 1.165) is 122 Å². The van der Waals surface area contributed by atoms with Crippen LogP contribution in [-0.4, -0.2) is 42.0 Å². The van der Waals surface area contributed by atoms with Crippen LogP contribution < -0.4 is 0 Å². The molecule has 10 aromatic rings. The van der Waals surface area contributed by atoms with Crippen molar-refractivity contribution in [3.05, 3.63) is 184 Å². The minimum absolute atomic E-state index is 0. The van der Waals surface area contributed by atoms with Crippen LogP contribution in [0.3, 0.4) is 0 Å². The van der Waals surface area contributed by atoms with Crippen molar-refractivity contribution < 1.29 is 45.9 Å². The number of nitrogens with zero attached hydrogens (tertiary/aromatic N) is 2. The van der Waals surface area contributed by atoms with Crippen molar-refractivity contribution in [2.75, 3.05) is 13.2 Å². The van der Waals surface area contributed by atoms with E-state index in [1.165, 1.54) is 22.3 Å². The number of aromatic hydroxyl groups is 4. The number of hydrogen-bond donors (Lipinski definition) is 2. The van der Waals surface area contributed by atoms with E-state index < -0.39 is 0 Å². The fourth-order valence-corrected chi connectivity index (χ4v) is 11.9. The van der Waals surface area contributed by atoms with Crippen LogP contribution in [0.1, 0.15) is 145 Å². The monoisotopic (exact) mass is 1160 g/mol. The average Bonchev–Trinajstić information content (AvgIpc) is 4.04. The molecular formula is C74H87N2O4Zr+. The van der Waals surface area contributed by atoms with Gasteiger partial charge in [0.2, 0.25) is 0 Å². The summed E-state index contributed by atoms with van der Waals surface area (Å²) in [6.07, 6.45) is 0.705. The summed E-state index contributed by atoms with van der Waals surface area (Å²) in [5.74, 6) is 2.22. The van der Waals surface area contributed by atoms with Gasteiger partial charge in [0.15, 0.2) is 13.2 Å². The van der Waals surface area contributed by atoms with Crippen molar-refractivity contribution in [1.82, 2.24) is 9.13 Å². The maximum absolute atomic E-state index is 12.8. The van der Waals surface area contributed by atoms with E-state index in [4.69, 9.17) is 9.47 Å². The second-order valence-corrected chi connectivity index (χ2v) is 27.0. The van der Waals surface area contributed by atoms with Crippen molar-refractivity contribution in [2.45, 2.75) is 153 Å². The van der Waals surface area contributed by atoms with E-state index in [9.17, 15) is 10.2 Å². The molecule has 2 aromatic heterocycles. The molecule has 8 aromatic carbocycles. The molecule has 2 heterocycles. The number of hydrogen-bond acceptors (Lipinski definition) is 2. The van der Waals surface area contributed by atoms with Crippen LogP contribution in [0.4, 0.5) is 0 Å². The molecule has 0 aliphatic carbocycles. The minimum atomic E-state index is -0.0619. The Morgan fingerprint density at radius 1 is 0.358 bits per heavy atom. The van der Waals surface area contributed by atoms with Crippen molar-refractivity contribution >= 4 is 43.6 Å². The predicted molar refractivity (Wildman–Crippen MR) is 343 cm³/mol. The summed E-state index contributed by atoms with van der Waals surface area (Å²) in [7, 11) is 0. The van der Waals surface area contributed by atoms with E-state index in [1.807, 2.05) is 0 Å². The fraction of sp³-hybridized carbons (Fsp3) is 0.338. The second kappa shape index (κ2) is 22.0. The first-order valence-corrected chi connectivity index (χ1v) is 28.4. The van der Waals surface area contributed by atoms with Crippen LogP contribution in [0.25, 0.3) is 77.2 Å². The number of aliphatic hydroxyl groups is 2. The van der Waals surface area contributed by atoms with Crippen LogP contribution in [0.5, 0.6) is 23.0 Å². The van der Waals surface area contributed by atoms with Gasteiger partial charge in [-0.25, -0.2) is 0 Å². The number of ether oxygens (including phenoxy) is 2. The Morgan fingerprint density at radius 2 is 0.617 bits per heavy atom. The molecule has 0 bridgehead atoms. The Bertz CT molecular complexity index is 3660. The van der Waals surface area contributed by atoms with Gasteiger partial charge in [0.1, 0.15) is 17.9 Å². The number of phenols is 2. The molecule has 0 amide bonds. The summed E-state index contributed by atoms with van der Waals surface area (Å²) in [5.41, 5.74) is 20.3. The second-order valence-electron chi connectivity index (χ2n) is 27.0. The van der Waals surface area contributed by atoms with Gasteiger partial charge in [0.25, 0.3) is 11.5 Å². The van der Waals surface area contributed by atoms with Gasteiger partial charge in [-0.1, -0.05) is 132 Å². The Morgan fingerprint density at radius 3 is 0.889 bits per heavy atom. The Kier molecular flexibility index (Phi) is 16.4. The molecule has 81 heavy (non-hydrogen) atoms. The standard InChI is InChI=1S/C73H82N2O4.CH3.Zr/c1-42-30-46(5)68(58(34-42)56-32-44(3)36-64(66(56)76)74-60-38-48(70(7,8)9)20-24-52(60)53-25-21-49(39-61(53)74)71(10,11)12)78-28-19-29-79-69-47(6)31-43(2)35-59(69)57-33-45(4)37-65(67(57)77)75-62-40-50(72(13,14)15)22-26-54(62)55-27-23-51(41-63(55)75)73(16,17)18;;/h20-27,30-41,76-77H,19,28-29H2,1-18H3;1H3;/q;-1;/p+2. The molecule has 0 atom stereocenters. The van der Waals surface area contributed by atoms with Gasteiger partial charge in [-0.3, -0.25) is 0 Å². The van der Waals surface area contributed by atoms with E-state index >= 15 is 0 Å². The zero-order valence-corrected chi connectivity index (χ0v) is 54.3. The average molecular weight is 1160 g/mol. The van der Waals surface area contributed by atoms with E-state index in [2.05, 4.69) is 255 Å². The first-order chi connectivity index (χ1) is 37.0. The molecule has 4 N–H and O–H groups in total. The largest absolute Gasteiger partial charge is 0.582 e. The summed E-state index contributed by atoms with van der Waals surface area (Å²) in [6, 6.07) is 44.5. The predicted octanol–water partition coefficient (Wildman–Crippen LogP) is 19.7. The number of phenolic OH excluding ortho intramolecular Hbond substituents is 2. The van der Waals surface area contributed by atoms with Crippen molar-refractivity contribution in [2.24, 2.45) is 0 Å². The summed E-state index contributed by atoms with van der Waals surface area (Å²) >= 11 is 0. The van der Waals surface area contributed by atoms with Crippen LogP contribution in [0, 0.1) is 49.0 Å². The summed E-state index contributed by atoms with van der Waals surface area (Å²) in [5, 5.41) is 30.3. The maximum Gasteiger partial charge on any atom is 0.265 e. The van der Waals surface area contributed by atoms with Crippen LogP contribution >= 0.6 is 0 Å². The third-order valence-corrected chi connectivity index (χ3v) is 16.3. The topological polar surface area (TPSA) is 75.9 Å². The van der Waals surface area contributed by atoms with Gasteiger partial charge in [-0.15, -0.1) is 0 Å². The SMILES string of the molecule is Cc1cc(C)c([OH+]CCC[OH+]c2c(C)cc(C)cc2-c2cc(C)cc(-n3c4cc(C(C)(C)C)ccc4c4ccc(C(C)(C)C)cc43)c2O)c(-c2cc(C)cc(-n3c4cc(C(C)(C)C)ccc4c4ccc(C(C)(C)C)cc43)c2O)c1.[CH3-].[Zr]. The Labute approximate surface area is 502 Å². The summed E-state index contributed by atoms with van der Waals surface area (Å²) < 4.78 is 15.3. The van der Waals surface area contributed by atoms with E-state index in [1.54, 1.807) is 0 Å². The minimum Gasteiger partial charge on any atom is -0.582 e. The van der Waals surface area contributed by atoms with Crippen molar-refractivity contribution in [1.29, 1.82) is 0 Å². The summed E-state index contributed by atoms with van der Waals surface area (Å²) in [6.45, 7) is 40.9. The third kappa shape index (κ3) is 11.4. The van der Waals surface area contributed by atoms with Crippen LogP contribution in [0.2, 0.25) is 0 Å². The number of rotatable bonds is 10. The van der Waals surface area contributed by atoms with Crippen LogP contribution in [-0.2, 0) is 47.9 Å². The van der Waals surface area contributed by atoms with E-state index in [0.29, 0.717) is 19.6 Å². The van der Waals surface area contributed by atoms with E-state index in [-0.39, 0.29) is 66.8 Å². The molecule has 0 saturated carbocycles. The van der Waals surface area contributed by atoms with Crippen molar-refractivity contribution in [3.63, 3.8) is 0 Å². The molecular weight excluding hydrogens is 1070 g/mol. The fourth-order valence-electron chi connectivity index (χ4n) is 11.9. The Balaban J connectivity index is 0.00000430. The third-order valence-electron chi connectivity index (χ3n) is 16.3. The molecule has 10 rings (SSSR count). The quantitative estimate of drug-likeness (QED) is 0.0813. The molecule has 0 unspecified atom stereocenters. The number of benzene rings is 8. The van der Waals surface area contributed by atoms with Crippen molar-refractivity contribution in [3.8, 4) is 56.6 Å². The zero-order chi connectivity index (χ0) is 57.0. The smallest absolute Gasteiger partial charge is 0.265 e. The van der Waals surface area contributed by atoms with Gasteiger partial charge >= 0.3 is 0 Å². The molecule has 420 valence electrons. The van der Waals surface area contributed by atoms with Gasteiger partial charge in [-0.2, -0.15) is 0 Å². The molecule has 0 fully saturated rings. The first-order valence-electron chi connectivity index (χ1n) is 28.4. The molecule has 6 nitrogen and oxygen atoms in total. The molecule has 7 heteroatoms. The summed E-state index contributed by atoms with van der Waals surface area (Å²) in [4.78, 5) is 0. The van der Waals surface area contributed by atoms with Crippen LogP contribution in [0.15, 0.2) is 121 Å². The van der Waals surface area contributed by atoms with Gasteiger partial charge < -0.3 is 36.2 Å². The molecule has 0 aliphatic heterocycles. The van der Waals surface area contributed by atoms with Gasteiger partial charge in [0, 0.05) is 70.0 Å². The molecule has 0 aliphatic rings. The number of fused-ring (bicyclic) bond motifs is 6. The van der Waals surface area contributed by atoms with Gasteiger partial charge in [-0.05, 0) is 181 Å². The van der Waals surface area contributed by atoms with Gasteiger partial charge in [0.05, 0.1) is 44.6 Å². The normalized spacial score (nSPS) is 12.4. The first kappa shape index (κ1) is 60.5.